The number of nitrogen functional groups attached to an aromatic ring is 1. The summed E-state index contributed by atoms with van der Waals surface area (Å²) in [4.78, 5) is 17.2. The average Bonchev–Trinajstić information content (AvgIpc) is 2.96. The number of anilines is 1. The summed E-state index contributed by atoms with van der Waals surface area (Å²) in [7, 11) is 1.76. The van der Waals surface area contributed by atoms with E-state index in [1.807, 2.05) is 6.20 Å². The summed E-state index contributed by atoms with van der Waals surface area (Å²) in [6.07, 6.45) is 5.97. The van der Waals surface area contributed by atoms with E-state index in [4.69, 9.17) is 5.73 Å². The third-order valence-electron chi connectivity index (χ3n) is 3.36. The van der Waals surface area contributed by atoms with Crippen molar-refractivity contribution in [2.45, 2.75) is 25.7 Å². The van der Waals surface area contributed by atoms with Crippen molar-refractivity contribution < 1.29 is 9.39 Å². The Bertz CT molecular complexity index is 585. The predicted octanol–water partition coefficient (Wildman–Crippen LogP) is 1.94. The summed E-state index contributed by atoms with van der Waals surface area (Å²) < 4.78 is -0.0448. The third kappa shape index (κ3) is 1.77. The van der Waals surface area contributed by atoms with Gasteiger partial charge in [-0.2, -0.15) is 0 Å². The van der Waals surface area contributed by atoms with Crippen LogP contribution in [-0.4, -0.2) is 28.7 Å². The van der Waals surface area contributed by atoms with E-state index in [0.717, 1.165) is 11.3 Å². The second kappa shape index (κ2) is 3.73. The first-order valence-electron chi connectivity index (χ1n) is 5.92. The molecule has 1 unspecified atom stereocenters. The number of quaternary nitrogens is 1. The van der Waals surface area contributed by atoms with Crippen LogP contribution in [0.2, 0.25) is 0 Å². The van der Waals surface area contributed by atoms with Crippen molar-refractivity contribution in [1.29, 1.82) is 0 Å². The molecule has 18 heavy (non-hydrogen) atoms. The molecule has 2 N–H and O–H groups in total. The lowest BCUT2D eigenvalue weighted by Gasteiger charge is -2.14. The highest BCUT2D eigenvalue weighted by molar-refractivity contribution is 7.15. The SMILES string of the molecule is CC(=O)[N+]1(C)C=C(c2nc(N)sc2C2CC2)C=N1. The number of allylic oxidation sites excluding steroid dienone is 1. The molecule has 2 heterocycles. The molecule has 94 valence electrons. The van der Waals surface area contributed by atoms with Crippen LogP contribution in [0, 0.1) is 0 Å². The normalized spacial score (nSPS) is 26.4. The molecule has 6 heteroatoms. The summed E-state index contributed by atoms with van der Waals surface area (Å²) in [5.74, 6) is 0.582. The molecule has 2 aliphatic rings. The molecule has 0 radical (unpaired) electrons. The fourth-order valence-corrected chi connectivity index (χ4v) is 3.02. The Balaban J connectivity index is 2.02. The number of hydrogen-bond donors (Lipinski definition) is 1. The maximum Gasteiger partial charge on any atom is 0.341 e. The minimum absolute atomic E-state index is 0.0163. The van der Waals surface area contributed by atoms with Crippen LogP contribution in [0.1, 0.15) is 36.3 Å². The van der Waals surface area contributed by atoms with Crippen molar-refractivity contribution in [2.24, 2.45) is 5.10 Å². The van der Waals surface area contributed by atoms with Crippen LogP contribution >= 0.6 is 11.3 Å². The number of hydrogen-bond acceptors (Lipinski definition) is 5. The van der Waals surface area contributed by atoms with Gasteiger partial charge in [0.05, 0.1) is 24.4 Å². The van der Waals surface area contributed by atoms with E-state index >= 15 is 0 Å². The molecular formula is C12H15N4OS+. The number of thiazole rings is 1. The van der Waals surface area contributed by atoms with Crippen molar-refractivity contribution >= 4 is 34.2 Å². The van der Waals surface area contributed by atoms with Crippen molar-refractivity contribution in [1.82, 2.24) is 4.98 Å². The molecule has 1 amide bonds. The number of aromatic nitrogens is 1. The summed E-state index contributed by atoms with van der Waals surface area (Å²) in [5, 5.41) is 4.84. The molecule has 0 aromatic carbocycles. The van der Waals surface area contributed by atoms with Gasteiger partial charge in [0.2, 0.25) is 0 Å². The van der Waals surface area contributed by atoms with Crippen molar-refractivity contribution in [3.8, 4) is 0 Å². The molecule has 0 spiro atoms. The Hall–Kier alpha value is -1.53. The quantitative estimate of drug-likeness (QED) is 0.829. The highest BCUT2D eigenvalue weighted by Gasteiger charge is 2.35. The summed E-state index contributed by atoms with van der Waals surface area (Å²) in [6, 6.07) is 0. The lowest BCUT2D eigenvalue weighted by atomic mass is 10.1. The number of nitrogens with two attached hydrogens (primary N) is 1. The molecule has 1 atom stereocenters. The van der Waals surface area contributed by atoms with E-state index in [-0.39, 0.29) is 10.5 Å². The van der Waals surface area contributed by atoms with E-state index in [1.165, 1.54) is 24.6 Å². The molecule has 1 aromatic heterocycles. The van der Waals surface area contributed by atoms with Crippen LogP contribution in [0.4, 0.5) is 5.13 Å². The standard InChI is InChI=1S/C12H15N4OS/c1-7(17)16(2)6-9(5-14-16)10-11(8-3-4-8)18-12(13)15-10/h5-6,8H,3-4H2,1-2H3,(H2,13,15)/q+1. The Labute approximate surface area is 109 Å². The number of rotatable bonds is 2. The monoisotopic (exact) mass is 263 g/mol. The Morgan fingerprint density at radius 3 is 2.83 bits per heavy atom. The second-order valence-corrected chi connectivity index (χ2v) is 5.98. The van der Waals surface area contributed by atoms with E-state index in [0.29, 0.717) is 11.0 Å². The van der Waals surface area contributed by atoms with Gasteiger partial charge in [-0.15, -0.1) is 15.9 Å². The molecule has 1 saturated carbocycles. The van der Waals surface area contributed by atoms with Gasteiger partial charge >= 0.3 is 5.91 Å². The molecular weight excluding hydrogens is 248 g/mol. The van der Waals surface area contributed by atoms with Crippen LogP contribution in [0.5, 0.6) is 0 Å². The minimum Gasteiger partial charge on any atom is -0.375 e. The zero-order valence-electron chi connectivity index (χ0n) is 10.4. The third-order valence-corrected chi connectivity index (χ3v) is 4.40. The van der Waals surface area contributed by atoms with Crippen LogP contribution in [0.15, 0.2) is 11.3 Å². The Morgan fingerprint density at radius 2 is 2.28 bits per heavy atom. The minimum atomic E-state index is -0.0448. The average molecular weight is 263 g/mol. The van der Waals surface area contributed by atoms with Crippen molar-refractivity contribution in [3.05, 3.63) is 16.8 Å². The number of carbonyl (C=O) groups is 1. The number of nitrogens with zero attached hydrogens (tertiary/aromatic N) is 3. The van der Waals surface area contributed by atoms with Crippen LogP contribution in [-0.2, 0) is 4.79 Å². The Kier molecular flexibility index (Phi) is 2.39. The lowest BCUT2D eigenvalue weighted by Crippen LogP contribution is -2.35. The molecule has 1 fully saturated rings. The molecule has 5 nitrogen and oxygen atoms in total. The molecule has 0 bridgehead atoms. The first-order chi connectivity index (χ1) is 8.49. The zero-order chi connectivity index (χ0) is 12.9. The van der Waals surface area contributed by atoms with Gasteiger partial charge in [0.25, 0.3) is 0 Å². The first kappa shape index (κ1) is 11.6. The fraction of sp³-hybridized carbons (Fsp3) is 0.417. The highest BCUT2D eigenvalue weighted by atomic mass is 32.1. The van der Waals surface area contributed by atoms with Gasteiger partial charge in [0, 0.05) is 4.88 Å². The maximum absolute atomic E-state index is 11.6. The maximum atomic E-state index is 11.6. The van der Waals surface area contributed by atoms with Crippen LogP contribution in [0.25, 0.3) is 5.57 Å². The number of carbonyl (C=O) groups excluding carboxylic acids is 1. The first-order valence-corrected chi connectivity index (χ1v) is 6.73. The predicted molar refractivity (Wildman–Crippen MR) is 71.8 cm³/mol. The summed E-state index contributed by atoms with van der Waals surface area (Å²) in [6.45, 7) is 1.54. The van der Waals surface area contributed by atoms with E-state index in [1.54, 1.807) is 24.6 Å². The molecule has 3 rings (SSSR count). The van der Waals surface area contributed by atoms with E-state index in [9.17, 15) is 4.79 Å². The largest absolute Gasteiger partial charge is 0.375 e. The fourth-order valence-electron chi connectivity index (χ4n) is 1.99. The highest BCUT2D eigenvalue weighted by Crippen LogP contribution is 2.46. The Morgan fingerprint density at radius 1 is 1.56 bits per heavy atom. The van der Waals surface area contributed by atoms with Gasteiger partial charge in [0.1, 0.15) is 13.2 Å². The van der Waals surface area contributed by atoms with Gasteiger partial charge in [0.15, 0.2) is 5.13 Å². The van der Waals surface area contributed by atoms with Gasteiger partial charge < -0.3 is 5.73 Å². The van der Waals surface area contributed by atoms with Crippen molar-refractivity contribution in [3.63, 3.8) is 0 Å². The summed E-state index contributed by atoms with van der Waals surface area (Å²) >= 11 is 1.55. The lowest BCUT2D eigenvalue weighted by molar-refractivity contribution is -0.784. The topological polar surface area (TPSA) is 68.3 Å². The molecule has 1 aromatic rings. The molecule has 1 aliphatic heterocycles. The second-order valence-electron chi connectivity index (χ2n) is 4.91. The smallest absolute Gasteiger partial charge is 0.341 e. The molecule has 0 saturated heterocycles. The van der Waals surface area contributed by atoms with Gasteiger partial charge in [-0.1, -0.05) is 5.10 Å². The van der Waals surface area contributed by atoms with Gasteiger partial charge in [-0.3, -0.25) is 0 Å². The molecule has 1 aliphatic carbocycles. The summed E-state index contributed by atoms with van der Waals surface area (Å²) in [5.41, 5.74) is 7.62. The van der Waals surface area contributed by atoms with Gasteiger partial charge in [-0.25, -0.2) is 9.78 Å². The van der Waals surface area contributed by atoms with Crippen molar-refractivity contribution in [2.75, 3.05) is 12.8 Å². The van der Waals surface area contributed by atoms with E-state index in [2.05, 4.69) is 10.1 Å². The van der Waals surface area contributed by atoms with Gasteiger partial charge in [-0.05, 0) is 18.8 Å². The number of amides is 1. The zero-order valence-corrected chi connectivity index (χ0v) is 11.2. The van der Waals surface area contributed by atoms with Crippen LogP contribution < -0.4 is 5.73 Å². The van der Waals surface area contributed by atoms with E-state index < -0.39 is 0 Å². The van der Waals surface area contributed by atoms with Crippen LogP contribution in [0.3, 0.4) is 0 Å².